The molecule has 2 atom stereocenters. The summed E-state index contributed by atoms with van der Waals surface area (Å²) in [5, 5.41) is 30.2. The molecule has 0 radical (unpaired) electrons. The van der Waals surface area contributed by atoms with E-state index in [4.69, 9.17) is 4.74 Å². The van der Waals surface area contributed by atoms with Gasteiger partial charge in [-0.05, 0) is 54.7 Å². The highest BCUT2D eigenvalue weighted by Gasteiger charge is 2.15. The van der Waals surface area contributed by atoms with Crippen LogP contribution < -0.4 is 4.74 Å². The Labute approximate surface area is 136 Å². The van der Waals surface area contributed by atoms with Crippen LogP contribution in [0.15, 0.2) is 42.5 Å². The molecule has 0 amide bonds. The minimum atomic E-state index is -0.682. The maximum Gasteiger partial charge on any atom is 0.169 e. The van der Waals surface area contributed by atoms with Crippen molar-refractivity contribution in [2.45, 2.75) is 44.3 Å². The van der Waals surface area contributed by atoms with Gasteiger partial charge in [-0.1, -0.05) is 24.6 Å². The Morgan fingerprint density at radius 2 is 1.74 bits per heavy atom. The summed E-state index contributed by atoms with van der Waals surface area (Å²) >= 11 is 0. The van der Waals surface area contributed by atoms with E-state index in [0.717, 1.165) is 30.4 Å². The maximum absolute atomic E-state index is 10.2. The van der Waals surface area contributed by atoms with E-state index in [1.165, 1.54) is 0 Å². The first kappa shape index (κ1) is 15.8. The van der Waals surface area contributed by atoms with Crippen LogP contribution in [0.1, 0.15) is 42.9 Å². The summed E-state index contributed by atoms with van der Waals surface area (Å²) < 4.78 is 5.75. The molecule has 0 saturated heterocycles. The molecule has 3 N–H and O–H groups in total. The van der Waals surface area contributed by atoms with Gasteiger partial charge in [-0.2, -0.15) is 0 Å². The molecule has 2 aliphatic rings. The minimum absolute atomic E-state index is 0.109. The lowest BCUT2D eigenvalue weighted by molar-refractivity contribution is 0.0740. The van der Waals surface area contributed by atoms with Gasteiger partial charge in [0.05, 0.1) is 12.2 Å². The second-order valence-corrected chi connectivity index (χ2v) is 6.12. The van der Waals surface area contributed by atoms with Crippen molar-refractivity contribution < 1.29 is 20.1 Å². The number of phenols is 1. The van der Waals surface area contributed by atoms with Crippen LogP contribution in [0.3, 0.4) is 0 Å². The van der Waals surface area contributed by atoms with Gasteiger partial charge in [0.2, 0.25) is 0 Å². The first-order valence-electron chi connectivity index (χ1n) is 8.07. The number of fused-ring (bicyclic) bond motifs is 8. The van der Waals surface area contributed by atoms with Crippen molar-refractivity contribution in [1.29, 1.82) is 0 Å². The minimum Gasteiger partial charge on any atom is -0.504 e. The highest BCUT2D eigenvalue weighted by molar-refractivity contribution is 5.45. The van der Waals surface area contributed by atoms with E-state index in [0.29, 0.717) is 24.3 Å². The van der Waals surface area contributed by atoms with Crippen molar-refractivity contribution in [3.05, 3.63) is 53.6 Å². The Hall–Kier alpha value is -2.04. The Morgan fingerprint density at radius 1 is 0.957 bits per heavy atom. The zero-order valence-corrected chi connectivity index (χ0v) is 13.0. The van der Waals surface area contributed by atoms with Gasteiger partial charge in [-0.25, -0.2) is 0 Å². The van der Waals surface area contributed by atoms with Crippen LogP contribution in [0.5, 0.6) is 17.2 Å². The SMILES string of the molecule is Oc1ccc2cc1Oc1ccc(cc1)[C@@H](O)C[C@H](O)CCCC2. The van der Waals surface area contributed by atoms with Gasteiger partial charge < -0.3 is 20.1 Å². The monoisotopic (exact) mass is 314 g/mol. The quantitative estimate of drug-likeness (QED) is 0.693. The van der Waals surface area contributed by atoms with Gasteiger partial charge in [0, 0.05) is 6.42 Å². The lowest BCUT2D eigenvalue weighted by Crippen LogP contribution is -2.12. The summed E-state index contributed by atoms with van der Waals surface area (Å²) in [6, 6.07) is 12.5. The second-order valence-electron chi connectivity index (χ2n) is 6.12. The summed E-state index contributed by atoms with van der Waals surface area (Å²) in [5.74, 6) is 1.15. The van der Waals surface area contributed by atoms with Crippen molar-refractivity contribution >= 4 is 0 Å². The third kappa shape index (κ3) is 4.03. The molecule has 2 aromatic carbocycles. The third-order valence-corrected chi connectivity index (χ3v) is 4.27. The summed E-state index contributed by atoms with van der Waals surface area (Å²) in [6.07, 6.45) is 2.54. The fraction of sp³-hybridized carbons (Fsp3) is 0.368. The maximum atomic E-state index is 10.2. The predicted octanol–water partition coefficient (Wildman–Crippen LogP) is 3.70. The molecule has 0 fully saturated rings. The van der Waals surface area contributed by atoms with E-state index in [2.05, 4.69) is 0 Å². The van der Waals surface area contributed by atoms with Crippen LogP contribution in [0, 0.1) is 0 Å². The molecule has 0 spiro atoms. The van der Waals surface area contributed by atoms with E-state index in [1.54, 1.807) is 30.3 Å². The van der Waals surface area contributed by atoms with Crippen molar-refractivity contribution in [3.63, 3.8) is 0 Å². The van der Waals surface area contributed by atoms with Crippen molar-refractivity contribution in [1.82, 2.24) is 0 Å². The predicted molar refractivity (Wildman–Crippen MR) is 87.8 cm³/mol. The normalized spacial score (nSPS) is 22.0. The first-order valence-corrected chi connectivity index (χ1v) is 8.07. The van der Waals surface area contributed by atoms with Crippen LogP contribution in [-0.2, 0) is 6.42 Å². The van der Waals surface area contributed by atoms with Crippen LogP contribution in [0.2, 0.25) is 0 Å². The lowest BCUT2D eigenvalue weighted by Gasteiger charge is -2.16. The molecule has 0 aromatic heterocycles. The van der Waals surface area contributed by atoms with Gasteiger partial charge in [0.25, 0.3) is 0 Å². The fourth-order valence-electron chi connectivity index (χ4n) is 2.90. The van der Waals surface area contributed by atoms with Crippen molar-refractivity contribution in [2.75, 3.05) is 0 Å². The molecule has 2 aliphatic heterocycles. The zero-order valence-electron chi connectivity index (χ0n) is 13.0. The highest BCUT2D eigenvalue weighted by atomic mass is 16.5. The van der Waals surface area contributed by atoms with Crippen LogP contribution in [0.4, 0.5) is 0 Å². The zero-order chi connectivity index (χ0) is 16.2. The van der Waals surface area contributed by atoms with Gasteiger partial charge in [-0.15, -0.1) is 0 Å². The first-order chi connectivity index (χ1) is 11.1. The number of aryl methyl sites for hydroxylation is 1. The lowest BCUT2D eigenvalue weighted by atomic mass is 9.99. The summed E-state index contributed by atoms with van der Waals surface area (Å²) in [7, 11) is 0. The molecular weight excluding hydrogens is 292 g/mol. The highest BCUT2D eigenvalue weighted by Crippen LogP contribution is 2.33. The molecule has 23 heavy (non-hydrogen) atoms. The second kappa shape index (κ2) is 7.02. The summed E-state index contributed by atoms with van der Waals surface area (Å²) in [4.78, 5) is 0. The Kier molecular flexibility index (Phi) is 4.84. The molecule has 4 rings (SSSR count). The molecule has 122 valence electrons. The van der Waals surface area contributed by atoms with Crippen LogP contribution in [-0.4, -0.2) is 21.4 Å². The van der Waals surface area contributed by atoms with E-state index >= 15 is 0 Å². The average Bonchev–Trinajstić information content (AvgIpc) is 2.55. The van der Waals surface area contributed by atoms with Crippen LogP contribution in [0.25, 0.3) is 0 Å². The fourth-order valence-corrected chi connectivity index (χ4v) is 2.90. The number of benzene rings is 2. The molecule has 0 saturated carbocycles. The van der Waals surface area contributed by atoms with Gasteiger partial charge in [-0.3, -0.25) is 0 Å². The van der Waals surface area contributed by atoms with Gasteiger partial charge in [0.15, 0.2) is 11.5 Å². The molecule has 4 heteroatoms. The molecule has 2 aromatic rings. The van der Waals surface area contributed by atoms with Gasteiger partial charge >= 0.3 is 0 Å². The molecule has 0 unspecified atom stereocenters. The molecular formula is C19H22O4. The number of aromatic hydroxyl groups is 1. The Balaban J connectivity index is 1.90. The molecule has 4 bridgehead atoms. The van der Waals surface area contributed by atoms with E-state index in [9.17, 15) is 15.3 Å². The molecule has 4 nitrogen and oxygen atoms in total. The number of aliphatic hydroxyl groups is 2. The standard InChI is InChI=1S/C19H22O4/c20-15-4-2-1-3-13-5-10-17(21)19(11-13)23-16-8-6-14(7-9-16)18(22)12-15/h5-11,15,18,20-22H,1-4,12H2/t15-,18+/m1/s1. The number of hydrogen-bond donors (Lipinski definition) is 3. The smallest absolute Gasteiger partial charge is 0.169 e. The number of rotatable bonds is 0. The Bertz CT molecular complexity index is 651. The topological polar surface area (TPSA) is 69.9 Å². The largest absolute Gasteiger partial charge is 0.504 e. The number of hydrogen-bond acceptors (Lipinski definition) is 4. The average molecular weight is 314 g/mol. The Morgan fingerprint density at radius 3 is 2.52 bits per heavy atom. The van der Waals surface area contributed by atoms with Crippen molar-refractivity contribution in [3.8, 4) is 17.2 Å². The van der Waals surface area contributed by atoms with E-state index in [-0.39, 0.29) is 5.75 Å². The van der Waals surface area contributed by atoms with Crippen molar-refractivity contribution in [2.24, 2.45) is 0 Å². The van der Waals surface area contributed by atoms with Crippen LogP contribution >= 0.6 is 0 Å². The summed E-state index contributed by atoms with van der Waals surface area (Å²) in [6.45, 7) is 0. The van der Waals surface area contributed by atoms with E-state index < -0.39 is 12.2 Å². The molecule has 0 aliphatic carbocycles. The van der Waals surface area contributed by atoms with E-state index in [1.807, 2.05) is 12.1 Å². The number of ether oxygens (including phenoxy) is 1. The van der Waals surface area contributed by atoms with Gasteiger partial charge in [0.1, 0.15) is 5.75 Å². The summed E-state index contributed by atoms with van der Waals surface area (Å²) in [5.41, 5.74) is 1.85. The third-order valence-electron chi connectivity index (χ3n) is 4.27. The number of aliphatic hydroxyl groups excluding tert-OH is 2. The molecule has 2 heterocycles. The number of phenolic OH excluding ortho intramolecular Hbond substituents is 1.